The molecule has 0 aromatic heterocycles. The van der Waals surface area contributed by atoms with E-state index >= 15 is 0 Å². The second-order valence-corrected chi connectivity index (χ2v) is 6.50. The molecule has 0 fully saturated rings. The van der Waals surface area contributed by atoms with Crippen molar-refractivity contribution in [3.63, 3.8) is 0 Å². The van der Waals surface area contributed by atoms with Gasteiger partial charge in [-0.05, 0) is 51.0 Å². The van der Waals surface area contributed by atoms with Crippen molar-refractivity contribution in [3.05, 3.63) is 66.3 Å². The molecule has 2 rings (SSSR count). The monoisotopic (exact) mass is 327 g/mol. The zero-order valence-electron chi connectivity index (χ0n) is 14.5. The highest BCUT2D eigenvalue weighted by atomic mass is 17.2. The molecular weight excluding hydrogens is 304 g/mol. The average Bonchev–Trinajstić information content (AvgIpc) is 2.58. The highest BCUT2D eigenvalue weighted by molar-refractivity contribution is 5.89. The molecule has 0 saturated carbocycles. The molecule has 0 aliphatic heterocycles. The van der Waals surface area contributed by atoms with E-state index in [9.17, 15) is 4.79 Å². The maximum absolute atomic E-state index is 12.0. The molecule has 4 nitrogen and oxygen atoms in total. The molecule has 0 unspecified atom stereocenters. The summed E-state index contributed by atoms with van der Waals surface area (Å²) in [5.74, 6) is -0.537. The molecule has 127 valence electrons. The van der Waals surface area contributed by atoms with Crippen molar-refractivity contribution in [3.8, 4) is 11.1 Å². The smallest absolute Gasteiger partial charge is 0.373 e. The van der Waals surface area contributed by atoms with Crippen LogP contribution in [0.25, 0.3) is 11.1 Å². The first-order valence-corrected chi connectivity index (χ1v) is 7.86. The largest absolute Gasteiger partial charge is 0.373 e. The van der Waals surface area contributed by atoms with E-state index in [-0.39, 0.29) is 12.2 Å². The van der Waals surface area contributed by atoms with E-state index in [0.29, 0.717) is 11.7 Å². The molecule has 0 saturated heterocycles. The third-order valence-corrected chi connectivity index (χ3v) is 3.20. The Morgan fingerprint density at radius 1 is 0.875 bits per heavy atom. The van der Waals surface area contributed by atoms with Crippen LogP contribution >= 0.6 is 0 Å². The second-order valence-electron chi connectivity index (χ2n) is 6.50. The minimum Gasteiger partial charge on any atom is -0.373 e. The van der Waals surface area contributed by atoms with Gasteiger partial charge in [-0.15, -0.1) is 0 Å². The summed E-state index contributed by atoms with van der Waals surface area (Å²) in [4.78, 5) is 21.9. The summed E-state index contributed by atoms with van der Waals surface area (Å²) >= 11 is 0. The van der Waals surface area contributed by atoms with E-state index in [4.69, 9.17) is 14.5 Å². The molecule has 4 heteroatoms. The zero-order valence-corrected chi connectivity index (χ0v) is 14.5. The van der Waals surface area contributed by atoms with Crippen LogP contribution in [0, 0.1) is 6.10 Å². The minimum atomic E-state index is -0.537. The maximum Gasteiger partial charge on any atom is 0.373 e. The molecule has 0 bridgehead atoms. The van der Waals surface area contributed by atoms with Crippen LogP contribution in [0.5, 0.6) is 0 Å². The van der Waals surface area contributed by atoms with E-state index < -0.39 is 5.97 Å². The van der Waals surface area contributed by atoms with Crippen molar-refractivity contribution in [2.75, 3.05) is 6.61 Å². The number of carbonyl (C=O) groups is 1. The zero-order chi connectivity index (χ0) is 17.6. The Morgan fingerprint density at radius 2 is 1.46 bits per heavy atom. The van der Waals surface area contributed by atoms with Gasteiger partial charge in [0.1, 0.15) is 0 Å². The molecule has 0 spiro atoms. The van der Waals surface area contributed by atoms with E-state index in [1.807, 2.05) is 63.2 Å². The fourth-order valence-electron chi connectivity index (χ4n) is 1.93. The highest BCUT2D eigenvalue weighted by Crippen LogP contribution is 2.20. The van der Waals surface area contributed by atoms with Crippen LogP contribution in [0.2, 0.25) is 0 Å². The Balaban J connectivity index is 1.87. The Labute approximate surface area is 143 Å². The summed E-state index contributed by atoms with van der Waals surface area (Å²) in [6, 6.07) is 17.1. The summed E-state index contributed by atoms with van der Waals surface area (Å²) in [6.45, 7) is 7.81. The topological polar surface area (TPSA) is 44.8 Å². The number of hydrogen-bond donors (Lipinski definition) is 0. The van der Waals surface area contributed by atoms with Crippen molar-refractivity contribution in [2.24, 2.45) is 0 Å². The molecule has 1 radical (unpaired) electrons. The number of ether oxygens (including phenoxy) is 1. The van der Waals surface area contributed by atoms with Crippen molar-refractivity contribution in [1.29, 1.82) is 0 Å². The Hall–Kier alpha value is -2.17. The van der Waals surface area contributed by atoms with Crippen molar-refractivity contribution < 1.29 is 19.3 Å². The molecule has 0 amide bonds. The number of benzene rings is 2. The van der Waals surface area contributed by atoms with E-state index in [1.54, 1.807) is 19.1 Å². The average molecular weight is 327 g/mol. The second kappa shape index (κ2) is 8.08. The maximum atomic E-state index is 12.0. The van der Waals surface area contributed by atoms with Crippen molar-refractivity contribution >= 4 is 5.97 Å². The lowest BCUT2D eigenvalue weighted by atomic mass is 10.0. The van der Waals surface area contributed by atoms with Gasteiger partial charge in [0.2, 0.25) is 0 Å². The summed E-state index contributed by atoms with van der Waals surface area (Å²) in [5, 5.41) is 0. The first kappa shape index (κ1) is 18.2. The minimum absolute atomic E-state index is 0.268. The normalized spacial score (nSPS) is 11.5. The van der Waals surface area contributed by atoms with Crippen molar-refractivity contribution in [1.82, 2.24) is 0 Å². The van der Waals surface area contributed by atoms with Gasteiger partial charge in [0, 0.05) is 0 Å². The molecule has 0 heterocycles. The van der Waals surface area contributed by atoms with Gasteiger partial charge in [-0.2, -0.15) is 4.89 Å². The quantitative estimate of drug-likeness (QED) is 0.564. The summed E-state index contributed by atoms with van der Waals surface area (Å²) in [6.07, 6.45) is 0.485. The summed E-state index contributed by atoms with van der Waals surface area (Å²) in [5.41, 5.74) is 2.29. The SMILES string of the molecule is C[C](COC(C)(C)C)OOC(=O)c1ccc(-c2ccccc2)cc1. The number of rotatable bonds is 6. The first-order valence-electron chi connectivity index (χ1n) is 7.86. The molecule has 2 aromatic carbocycles. The molecule has 0 N–H and O–H groups in total. The van der Waals surface area contributed by atoms with Crippen LogP contribution in [-0.4, -0.2) is 18.2 Å². The van der Waals surface area contributed by atoms with Crippen LogP contribution in [0.15, 0.2) is 54.6 Å². The van der Waals surface area contributed by atoms with Crippen LogP contribution in [0.4, 0.5) is 0 Å². The first-order chi connectivity index (χ1) is 11.3. The van der Waals surface area contributed by atoms with Gasteiger partial charge in [0.05, 0.1) is 17.8 Å². The lowest BCUT2D eigenvalue weighted by Gasteiger charge is -2.21. The van der Waals surface area contributed by atoms with Gasteiger partial charge in [-0.25, -0.2) is 4.79 Å². The van der Waals surface area contributed by atoms with Gasteiger partial charge < -0.3 is 4.74 Å². The number of carbonyl (C=O) groups excluding carboxylic acids is 1. The van der Waals surface area contributed by atoms with Gasteiger partial charge in [0.15, 0.2) is 6.10 Å². The standard InChI is InChI=1S/C20H23O4/c1-15(14-22-20(2,3)4)23-24-19(21)18-12-10-17(11-13-18)16-8-6-5-7-9-16/h5-13H,14H2,1-4H3. The van der Waals surface area contributed by atoms with Gasteiger partial charge in [-0.1, -0.05) is 42.5 Å². The molecule has 2 aromatic rings. The summed E-state index contributed by atoms with van der Waals surface area (Å²) in [7, 11) is 0. The lowest BCUT2D eigenvalue weighted by molar-refractivity contribution is -0.242. The predicted octanol–water partition coefficient (Wildman–Crippen LogP) is 4.81. The van der Waals surface area contributed by atoms with E-state index in [0.717, 1.165) is 11.1 Å². The van der Waals surface area contributed by atoms with Gasteiger partial charge >= 0.3 is 5.97 Å². The lowest BCUT2D eigenvalue weighted by Crippen LogP contribution is -2.23. The highest BCUT2D eigenvalue weighted by Gasteiger charge is 2.16. The van der Waals surface area contributed by atoms with Crippen LogP contribution in [0.3, 0.4) is 0 Å². The third-order valence-electron chi connectivity index (χ3n) is 3.20. The third kappa shape index (κ3) is 5.80. The van der Waals surface area contributed by atoms with E-state index in [2.05, 4.69) is 0 Å². The van der Waals surface area contributed by atoms with Crippen LogP contribution < -0.4 is 0 Å². The van der Waals surface area contributed by atoms with Crippen molar-refractivity contribution in [2.45, 2.75) is 33.3 Å². The fourth-order valence-corrected chi connectivity index (χ4v) is 1.93. The molecule has 0 atom stereocenters. The van der Waals surface area contributed by atoms with Crippen LogP contribution in [0.1, 0.15) is 38.1 Å². The fraction of sp³-hybridized carbons (Fsp3) is 0.300. The number of hydrogen-bond acceptors (Lipinski definition) is 4. The molecule has 0 aliphatic rings. The molecule has 0 aliphatic carbocycles. The summed E-state index contributed by atoms with van der Waals surface area (Å²) < 4.78 is 5.54. The van der Waals surface area contributed by atoms with Crippen LogP contribution in [-0.2, 0) is 14.5 Å². The predicted molar refractivity (Wildman–Crippen MR) is 93.0 cm³/mol. The Bertz CT molecular complexity index is 642. The van der Waals surface area contributed by atoms with E-state index in [1.165, 1.54) is 0 Å². The molecular formula is C20H23O4. The van der Waals surface area contributed by atoms with Gasteiger partial charge in [0.25, 0.3) is 0 Å². The Kier molecular flexibility index (Phi) is 6.12. The van der Waals surface area contributed by atoms with Gasteiger partial charge in [-0.3, -0.25) is 4.89 Å². The molecule has 24 heavy (non-hydrogen) atoms. The Morgan fingerprint density at radius 3 is 2.04 bits per heavy atom.